The van der Waals surface area contributed by atoms with Crippen LogP contribution in [0.15, 0.2) is 27.6 Å². The quantitative estimate of drug-likeness (QED) is 0.775. The van der Waals surface area contributed by atoms with E-state index in [0.717, 1.165) is 25.3 Å². The van der Waals surface area contributed by atoms with Crippen LogP contribution < -0.4 is 5.32 Å². The van der Waals surface area contributed by atoms with E-state index in [4.69, 9.17) is 4.52 Å². The van der Waals surface area contributed by atoms with Crippen molar-refractivity contribution in [2.75, 3.05) is 20.1 Å². The third-order valence-electron chi connectivity index (χ3n) is 4.56. The van der Waals surface area contributed by atoms with Crippen LogP contribution in [0.25, 0.3) is 11.5 Å². The standard InChI is InChI=1S/C17H23FN4O3S.ClH/c1-12(19-2)10-16-20-17(25-21-16)13-6-7-14(18)15(11-13)26(23,24)22-8-4-3-5-9-22;/h6-7,11-12,19H,3-5,8-10H2,1-2H3;1H. The zero-order chi connectivity index (χ0) is 18.7. The molecule has 1 fully saturated rings. The van der Waals surface area contributed by atoms with Gasteiger partial charge < -0.3 is 9.84 Å². The van der Waals surface area contributed by atoms with Crippen molar-refractivity contribution in [3.63, 3.8) is 0 Å². The predicted octanol–water partition coefficient (Wildman–Crippen LogP) is 2.62. The monoisotopic (exact) mass is 418 g/mol. The van der Waals surface area contributed by atoms with Crippen LogP contribution in [0, 0.1) is 5.82 Å². The van der Waals surface area contributed by atoms with Crippen molar-refractivity contribution in [2.45, 2.75) is 43.5 Å². The Kier molecular flexibility index (Phi) is 7.32. The molecule has 7 nitrogen and oxygen atoms in total. The first-order valence-electron chi connectivity index (χ1n) is 8.71. The van der Waals surface area contributed by atoms with Crippen LogP contribution in [-0.4, -0.2) is 49.0 Å². The molecule has 2 aromatic rings. The Bertz CT molecular complexity index is 869. The number of sulfonamides is 1. The smallest absolute Gasteiger partial charge is 0.257 e. The van der Waals surface area contributed by atoms with Crippen LogP contribution in [0.2, 0.25) is 0 Å². The average Bonchev–Trinajstić information content (AvgIpc) is 3.11. The van der Waals surface area contributed by atoms with Crippen LogP contribution in [0.1, 0.15) is 32.0 Å². The third-order valence-corrected chi connectivity index (χ3v) is 6.47. The van der Waals surface area contributed by atoms with Gasteiger partial charge in [0.05, 0.1) is 0 Å². The number of likely N-dealkylation sites (N-methyl/N-ethyl adjacent to an activating group) is 1. The minimum atomic E-state index is -3.88. The van der Waals surface area contributed by atoms with Gasteiger partial charge in [0.25, 0.3) is 5.89 Å². The Morgan fingerprint density at radius 2 is 2.00 bits per heavy atom. The van der Waals surface area contributed by atoms with Crippen molar-refractivity contribution < 1.29 is 17.3 Å². The number of benzene rings is 1. The van der Waals surface area contributed by atoms with E-state index in [2.05, 4.69) is 15.5 Å². The average molecular weight is 419 g/mol. The summed E-state index contributed by atoms with van der Waals surface area (Å²) < 4.78 is 46.4. The zero-order valence-corrected chi connectivity index (χ0v) is 16.9. The van der Waals surface area contributed by atoms with E-state index in [0.29, 0.717) is 30.9 Å². The van der Waals surface area contributed by atoms with Crippen molar-refractivity contribution in [2.24, 2.45) is 0 Å². The van der Waals surface area contributed by atoms with Gasteiger partial charge in [-0.05, 0) is 45.0 Å². The van der Waals surface area contributed by atoms with Crippen LogP contribution in [0.4, 0.5) is 4.39 Å². The number of rotatable bonds is 6. The van der Waals surface area contributed by atoms with Crippen molar-refractivity contribution >= 4 is 22.4 Å². The number of hydrogen-bond acceptors (Lipinski definition) is 6. The second-order valence-corrected chi connectivity index (χ2v) is 8.43. The molecule has 1 saturated heterocycles. The highest BCUT2D eigenvalue weighted by atomic mass is 35.5. The molecule has 150 valence electrons. The maximum atomic E-state index is 14.3. The summed E-state index contributed by atoms with van der Waals surface area (Å²) in [6, 6.07) is 4.02. The van der Waals surface area contributed by atoms with Crippen LogP contribution in [-0.2, 0) is 16.4 Å². The molecule has 1 unspecified atom stereocenters. The lowest BCUT2D eigenvalue weighted by Crippen LogP contribution is -2.36. The lowest BCUT2D eigenvalue weighted by atomic mass is 10.2. The van der Waals surface area contributed by atoms with Gasteiger partial charge >= 0.3 is 0 Å². The highest BCUT2D eigenvalue weighted by Crippen LogP contribution is 2.27. The molecule has 1 aliphatic rings. The Balaban J connectivity index is 0.00000261. The van der Waals surface area contributed by atoms with Crippen LogP contribution >= 0.6 is 12.4 Å². The van der Waals surface area contributed by atoms with Crippen molar-refractivity contribution in [1.82, 2.24) is 19.8 Å². The van der Waals surface area contributed by atoms with Crippen molar-refractivity contribution in [3.05, 3.63) is 29.8 Å². The van der Waals surface area contributed by atoms with Gasteiger partial charge in [-0.1, -0.05) is 11.6 Å². The zero-order valence-electron chi connectivity index (χ0n) is 15.3. The van der Waals surface area contributed by atoms with E-state index in [9.17, 15) is 12.8 Å². The summed E-state index contributed by atoms with van der Waals surface area (Å²) in [6.45, 7) is 2.81. The highest BCUT2D eigenvalue weighted by molar-refractivity contribution is 7.89. The first-order valence-corrected chi connectivity index (χ1v) is 10.2. The van der Waals surface area contributed by atoms with Gasteiger partial charge in [-0.3, -0.25) is 0 Å². The molecule has 27 heavy (non-hydrogen) atoms. The molecule has 0 radical (unpaired) electrons. The summed E-state index contributed by atoms with van der Waals surface area (Å²) in [6.07, 6.45) is 3.14. The summed E-state index contributed by atoms with van der Waals surface area (Å²) in [5.74, 6) is -0.0899. The molecule has 0 bridgehead atoms. The normalized spacial score (nSPS) is 16.7. The van der Waals surface area contributed by atoms with Gasteiger partial charge in [0, 0.05) is 31.1 Å². The fourth-order valence-corrected chi connectivity index (χ4v) is 4.52. The minimum absolute atomic E-state index is 0. The number of nitrogens with zero attached hydrogens (tertiary/aromatic N) is 3. The molecule has 0 amide bonds. The number of piperidine rings is 1. The Morgan fingerprint density at radius 3 is 2.67 bits per heavy atom. The molecular formula is C17H24ClFN4O3S. The fourth-order valence-electron chi connectivity index (χ4n) is 2.91. The van der Waals surface area contributed by atoms with Crippen LogP contribution in [0.3, 0.4) is 0 Å². The van der Waals surface area contributed by atoms with Gasteiger partial charge in [0.1, 0.15) is 10.7 Å². The lowest BCUT2D eigenvalue weighted by molar-refractivity contribution is 0.345. The topological polar surface area (TPSA) is 88.3 Å². The molecule has 0 aliphatic carbocycles. The Hall–Kier alpha value is -1.55. The third kappa shape index (κ3) is 4.84. The van der Waals surface area contributed by atoms with Crippen molar-refractivity contribution in [1.29, 1.82) is 0 Å². The van der Waals surface area contributed by atoms with E-state index >= 15 is 0 Å². The molecule has 0 spiro atoms. The Morgan fingerprint density at radius 1 is 1.30 bits per heavy atom. The summed E-state index contributed by atoms with van der Waals surface area (Å²) in [5.41, 5.74) is 0.387. The predicted molar refractivity (Wildman–Crippen MR) is 102 cm³/mol. The number of hydrogen-bond donors (Lipinski definition) is 1. The second-order valence-electron chi connectivity index (χ2n) is 6.52. The SMILES string of the molecule is CNC(C)Cc1noc(-c2ccc(F)c(S(=O)(=O)N3CCCCC3)c2)n1.Cl. The first-order chi connectivity index (χ1) is 12.4. The summed E-state index contributed by atoms with van der Waals surface area (Å²) >= 11 is 0. The molecule has 1 N–H and O–H groups in total. The second kappa shape index (κ2) is 9.09. The molecule has 1 aliphatic heterocycles. The minimum Gasteiger partial charge on any atom is -0.334 e. The molecule has 1 aromatic heterocycles. The van der Waals surface area contributed by atoms with E-state index in [-0.39, 0.29) is 29.2 Å². The molecule has 0 saturated carbocycles. The summed E-state index contributed by atoms with van der Waals surface area (Å²) in [4.78, 5) is 3.94. The van der Waals surface area contributed by atoms with Crippen LogP contribution in [0.5, 0.6) is 0 Å². The van der Waals surface area contributed by atoms with Crippen molar-refractivity contribution in [3.8, 4) is 11.5 Å². The maximum absolute atomic E-state index is 14.3. The number of halogens is 2. The van der Waals surface area contributed by atoms with Gasteiger partial charge in [-0.25, -0.2) is 12.8 Å². The maximum Gasteiger partial charge on any atom is 0.257 e. The first kappa shape index (κ1) is 21.7. The lowest BCUT2D eigenvalue weighted by Gasteiger charge is -2.26. The fraction of sp³-hybridized carbons (Fsp3) is 0.529. The van der Waals surface area contributed by atoms with E-state index in [1.807, 2.05) is 14.0 Å². The molecule has 2 heterocycles. The van der Waals surface area contributed by atoms with Gasteiger partial charge in [0.15, 0.2) is 5.82 Å². The van der Waals surface area contributed by atoms with E-state index in [1.165, 1.54) is 16.4 Å². The molecular weight excluding hydrogens is 395 g/mol. The van der Waals surface area contributed by atoms with Gasteiger partial charge in [0.2, 0.25) is 10.0 Å². The highest BCUT2D eigenvalue weighted by Gasteiger charge is 2.29. The largest absolute Gasteiger partial charge is 0.334 e. The summed E-state index contributed by atoms with van der Waals surface area (Å²) in [7, 11) is -2.04. The Labute approximate surface area is 164 Å². The molecule has 10 heteroatoms. The number of aromatic nitrogens is 2. The van der Waals surface area contributed by atoms with E-state index < -0.39 is 15.8 Å². The van der Waals surface area contributed by atoms with Gasteiger partial charge in [-0.15, -0.1) is 12.4 Å². The van der Waals surface area contributed by atoms with E-state index in [1.54, 1.807) is 0 Å². The molecule has 1 aromatic carbocycles. The molecule has 3 rings (SSSR count). The number of nitrogens with one attached hydrogen (secondary N) is 1. The van der Waals surface area contributed by atoms with Gasteiger partial charge in [-0.2, -0.15) is 9.29 Å². The summed E-state index contributed by atoms with van der Waals surface area (Å²) in [5, 5.41) is 6.98. The molecule has 1 atom stereocenters.